The fraction of sp³-hybridized carbons (Fsp3) is 0.667. The first-order valence-corrected chi connectivity index (χ1v) is 5.97. The molecule has 17 heavy (non-hydrogen) atoms. The summed E-state index contributed by atoms with van der Waals surface area (Å²) in [5, 5.41) is 0. The Morgan fingerprint density at radius 3 is 2.47 bits per heavy atom. The van der Waals surface area contributed by atoms with Crippen molar-refractivity contribution in [1.29, 1.82) is 0 Å². The summed E-state index contributed by atoms with van der Waals surface area (Å²) >= 11 is 0. The van der Waals surface area contributed by atoms with Crippen molar-refractivity contribution in [3.63, 3.8) is 0 Å². The Bertz CT molecular complexity index is 314. The molecule has 2 heterocycles. The Morgan fingerprint density at radius 1 is 1.12 bits per heavy atom. The fourth-order valence-electron chi connectivity index (χ4n) is 2.22. The number of rotatable bonds is 3. The van der Waals surface area contributed by atoms with E-state index < -0.39 is 11.7 Å². The Balaban J connectivity index is 1.80. The van der Waals surface area contributed by atoms with Gasteiger partial charge in [0.25, 0.3) is 0 Å². The van der Waals surface area contributed by atoms with Gasteiger partial charge in [-0.25, -0.2) is 0 Å². The molecule has 1 fully saturated rings. The zero-order valence-electron chi connectivity index (χ0n) is 9.71. The van der Waals surface area contributed by atoms with Crippen LogP contribution in [-0.4, -0.2) is 48.7 Å². The minimum absolute atomic E-state index is 0.0200. The molecule has 0 unspecified atom stereocenters. The van der Waals surface area contributed by atoms with Crippen molar-refractivity contribution < 1.29 is 13.2 Å². The van der Waals surface area contributed by atoms with E-state index in [2.05, 4.69) is 4.90 Å². The molecule has 96 valence electrons. The molecule has 0 spiro atoms. The normalized spacial score (nSPS) is 22.1. The molecule has 0 aliphatic carbocycles. The van der Waals surface area contributed by atoms with Crippen LogP contribution in [0.1, 0.15) is 12.8 Å². The molecule has 0 amide bonds. The third kappa shape index (κ3) is 3.49. The molecule has 1 saturated heterocycles. The molecular formula is C12H17F3N2. The van der Waals surface area contributed by atoms with Crippen molar-refractivity contribution in [1.82, 2.24) is 9.80 Å². The Hall–Kier alpha value is -0.970. The maximum absolute atomic E-state index is 12.5. The monoisotopic (exact) mass is 246 g/mol. The summed E-state index contributed by atoms with van der Waals surface area (Å²) in [5.41, 5.74) is -0.457. The molecule has 2 nitrogen and oxygen atoms in total. The van der Waals surface area contributed by atoms with Crippen molar-refractivity contribution in [3.8, 4) is 0 Å². The highest BCUT2D eigenvalue weighted by Gasteiger charge is 2.34. The molecule has 0 aromatic carbocycles. The smallest absolute Gasteiger partial charge is 0.372 e. The minimum Gasteiger partial charge on any atom is -0.372 e. The van der Waals surface area contributed by atoms with E-state index in [1.54, 1.807) is 11.1 Å². The van der Waals surface area contributed by atoms with Crippen molar-refractivity contribution in [2.24, 2.45) is 0 Å². The molecule has 0 aromatic heterocycles. The van der Waals surface area contributed by atoms with Crippen LogP contribution in [0.25, 0.3) is 0 Å². The van der Waals surface area contributed by atoms with Gasteiger partial charge in [-0.1, -0.05) is 6.08 Å². The fourth-order valence-corrected chi connectivity index (χ4v) is 2.22. The first-order valence-electron chi connectivity index (χ1n) is 5.97. The predicted molar refractivity (Wildman–Crippen MR) is 60.5 cm³/mol. The number of hydrogen-bond acceptors (Lipinski definition) is 2. The lowest BCUT2D eigenvalue weighted by atomic mass is 10.2. The number of allylic oxidation sites excluding steroid dienone is 2. The molecule has 0 bridgehead atoms. The molecule has 2 aliphatic heterocycles. The number of likely N-dealkylation sites (tertiary alicyclic amines) is 1. The molecule has 0 saturated carbocycles. The standard InChI is InChI=1S/C12H17F3N2/c13-12(14,15)11-4-3-7-17(10-11)9-8-16-5-1-2-6-16/h3-4,7H,1-2,5-6,8-10H2. The summed E-state index contributed by atoms with van der Waals surface area (Å²) in [4.78, 5) is 4.04. The SMILES string of the molecule is FC(F)(F)C1=CC=CN(CCN2CCCC2)C1. The highest BCUT2D eigenvalue weighted by molar-refractivity contribution is 5.22. The van der Waals surface area contributed by atoms with Gasteiger partial charge in [0.1, 0.15) is 0 Å². The van der Waals surface area contributed by atoms with Crippen molar-refractivity contribution in [2.75, 3.05) is 32.7 Å². The molecule has 0 N–H and O–H groups in total. The number of halogens is 3. The first kappa shape index (κ1) is 12.5. The van der Waals surface area contributed by atoms with E-state index in [0.717, 1.165) is 25.7 Å². The van der Waals surface area contributed by atoms with Crippen LogP contribution in [-0.2, 0) is 0 Å². The van der Waals surface area contributed by atoms with E-state index in [1.807, 2.05) is 0 Å². The molecule has 0 aromatic rings. The van der Waals surface area contributed by atoms with Crippen LogP contribution in [0.5, 0.6) is 0 Å². The number of nitrogens with zero attached hydrogens (tertiary/aromatic N) is 2. The molecule has 5 heteroatoms. The van der Waals surface area contributed by atoms with Crippen LogP contribution >= 0.6 is 0 Å². The van der Waals surface area contributed by atoms with Gasteiger partial charge in [0.2, 0.25) is 0 Å². The quantitative estimate of drug-likeness (QED) is 0.754. The van der Waals surface area contributed by atoms with Gasteiger partial charge in [0.15, 0.2) is 0 Å². The van der Waals surface area contributed by atoms with Gasteiger partial charge in [0, 0.05) is 19.6 Å². The maximum Gasteiger partial charge on any atom is 0.414 e. The summed E-state index contributed by atoms with van der Waals surface area (Å²) < 4.78 is 37.5. The summed E-state index contributed by atoms with van der Waals surface area (Å²) in [6.07, 6.45) is 2.61. The Kier molecular flexibility index (Phi) is 3.76. The Morgan fingerprint density at radius 2 is 1.82 bits per heavy atom. The minimum atomic E-state index is -4.20. The van der Waals surface area contributed by atoms with Gasteiger partial charge in [-0.15, -0.1) is 0 Å². The third-order valence-corrected chi connectivity index (χ3v) is 3.23. The largest absolute Gasteiger partial charge is 0.414 e. The predicted octanol–water partition coefficient (Wildman–Crippen LogP) is 2.40. The molecular weight excluding hydrogens is 229 g/mol. The summed E-state index contributed by atoms with van der Waals surface area (Å²) in [6, 6.07) is 0. The van der Waals surface area contributed by atoms with Gasteiger partial charge >= 0.3 is 6.18 Å². The average molecular weight is 246 g/mol. The lowest BCUT2D eigenvalue weighted by Gasteiger charge is -2.27. The van der Waals surface area contributed by atoms with Crippen LogP contribution in [0.4, 0.5) is 13.2 Å². The zero-order valence-corrected chi connectivity index (χ0v) is 9.71. The van der Waals surface area contributed by atoms with Gasteiger partial charge in [-0.2, -0.15) is 13.2 Å². The van der Waals surface area contributed by atoms with Crippen LogP contribution in [0.2, 0.25) is 0 Å². The lowest BCUT2D eigenvalue weighted by molar-refractivity contribution is -0.0953. The van der Waals surface area contributed by atoms with E-state index in [1.165, 1.54) is 18.9 Å². The Labute approximate surface area is 99.4 Å². The van der Waals surface area contributed by atoms with E-state index >= 15 is 0 Å². The summed E-state index contributed by atoms with van der Waals surface area (Å²) in [6.45, 7) is 3.67. The second-order valence-corrected chi connectivity index (χ2v) is 4.55. The van der Waals surface area contributed by atoms with E-state index in [9.17, 15) is 13.2 Å². The maximum atomic E-state index is 12.5. The van der Waals surface area contributed by atoms with Crippen LogP contribution < -0.4 is 0 Å². The van der Waals surface area contributed by atoms with Gasteiger partial charge in [-0.05, 0) is 38.2 Å². The number of hydrogen-bond donors (Lipinski definition) is 0. The van der Waals surface area contributed by atoms with Crippen LogP contribution in [0.3, 0.4) is 0 Å². The summed E-state index contributed by atoms with van der Waals surface area (Å²) in [5.74, 6) is 0. The number of alkyl halides is 3. The van der Waals surface area contributed by atoms with Crippen molar-refractivity contribution >= 4 is 0 Å². The second kappa shape index (κ2) is 5.12. The van der Waals surface area contributed by atoms with Crippen molar-refractivity contribution in [3.05, 3.63) is 23.9 Å². The average Bonchev–Trinajstić information content (AvgIpc) is 2.78. The highest BCUT2D eigenvalue weighted by atomic mass is 19.4. The third-order valence-electron chi connectivity index (χ3n) is 3.23. The van der Waals surface area contributed by atoms with E-state index in [-0.39, 0.29) is 6.54 Å². The van der Waals surface area contributed by atoms with Crippen molar-refractivity contribution in [2.45, 2.75) is 19.0 Å². The van der Waals surface area contributed by atoms with Crippen LogP contribution in [0, 0.1) is 0 Å². The molecule has 0 atom stereocenters. The summed E-state index contributed by atoms with van der Waals surface area (Å²) in [7, 11) is 0. The van der Waals surface area contributed by atoms with E-state index in [4.69, 9.17) is 0 Å². The molecule has 2 rings (SSSR count). The topological polar surface area (TPSA) is 6.48 Å². The van der Waals surface area contributed by atoms with Gasteiger partial charge < -0.3 is 9.80 Å². The highest BCUT2D eigenvalue weighted by Crippen LogP contribution is 2.28. The molecule has 0 radical (unpaired) electrons. The first-order chi connectivity index (χ1) is 8.05. The van der Waals surface area contributed by atoms with Gasteiger partial charge in [0.05, 0.1) is 5.57 Å². The van der Waals surface area contributed by atoms with Crippen LogP contribution in [0.15, 0.2) is 23.9 Å². The van der Waals surface area contributed by atoms with E-state index in [0.29, 0.717) is 6.54 Å². The lowest BCUT2D eigenvalue weighted by Crippen LogP contribution is -2.35. The molecule has 2 aliphatic rings. The zero-order chi connectivity index (χ0) is 12.3. The second-order valence-electron chi connectivity index (χ2n) is 4.55. The van der Waals surface area contributed by atoms with Gasteiger partial charge in [-0.3, -0.25) is 0 Å².